The van der Waals surface area contributed by atoms with Gasteiger partial charge >= 0.3 is 5.97 Å². The lowest BCUT2D eigenvalue weighted by Crippen LogP contribution is -2.12. The second-order valence-electron chi connectivity index (χ2n) is 5.08. The van der Waals surface area contributed by atoms with Gasteiger partial charge in [0.1, 0.15) is 0 Å². The monoisotopic (exact) mass is 320 g/mol. The summed E-state index contributed by atoms with van der Waals surface area (Å²) in [5.41, 5.74) is 3.12. The number of ether oxygens (including phenoxy) is 1. The molecule has 0 aliphatic carbocycles. The van der Waals surface area contributed by atoms with E-state index in [1.54, 1.807) is 36.5 Å². The fraction of sp³-hybridized carbons (Fsp3) is 0.0526. The van der Waals surface area contributed by atoms with Crippen LogP contribution in [0.4, 0.5) is 11.4 Å². The number of anilines is 2. The summed E-state index contributed by atoms with van der Waals surface area (Å²) in [6.45, 7) is 0. The zero-order chi connectivity index (χ0) is 16.9. The molecule has 2 aromatic carbocycles. The highest BCUT2D eigenvalue weighted by atomic mass is 16.5. The van der Waals surface area contributed by atoms with E-state index in [1.165, 1.54) is 7.11 Å². The first-order valence-electron chi connectivity index (χ1n) is 7.38. The smallest absolute Gasteiger partial charge is 0.337 e. The summed E-state index contributed by atoms with van der Waals surface area (Å²) < 4.78 is 4.67. The van der Waals surface area contributed by atoms with Gasteiger partial charge in [0, 0.05) is 11.8 Å². The van der Waals surface area contributed by atoms with Crippen molar-refractivity contribution in [2.75, 3.05) is 12.2 Å². The summed E-state index contributed by atoms with van der Waals surface area (Å²) in [5, 5.41) is 11.7. The molecule has 120 valence electrons. The van der Waals surface area contributed by atoms with Gasteiger partial charge in [0.05, 0.1) is 29.7 Å². The molecule has 5 nitrogen and oxygen atoms in total. The predicted octanol–water partition coefficient (Wildman–Crippen LogP) is 4.06. The molecule has 0 spiro atoms. The van der Waals surface area contributed by atoms with E-state index in [2.05, 4.69) is 9.72 Å². The summed E-state index contributed by atoms with van der Waals surface area (Å²) in [7, 11) is 1.33. The summed E-state index contributed by atoms with van der Waals surface area (Å²) >= 11 is 0. The number of benzene rings is 2. The van der Waals surface area contributed by atoms with Crippen LogP contribution in [-0.4, -0.2) is 23.3 Å². The molecular formula is C19H16N2O3. The van der Waals surface area contributed by atoms with Crippen molar-refractivity contribution < 1.29 is 14.7 Å². The second-order valence-corrected chi connectivity index (χ2v) is 5.08. The number of rotatable bonds is 4. The van der Waals surface area contributed by atoms with Gasteiger partial charge in [-0.25, -0.2) is 9.86 Å². The van der Waals surface area contributed by atoms with E-state index in [9.17, 15) is 10.0 Å². The zero-order valence-corrected chi connectivity index (χ0v) is 13.1. The van der Waals surface area contributed by atoms with Crippen molar-refractivity contribution in [1.29, 1.82) is 0 Å². The Hall–Kier alpha value is -3.18. The molecule has 24 heavy (non-hydrogen) atoms. The van der Waals surface area contributed by atoms with Crippen molar-refractivity contribution in [2.24, 2.45) is 0 Å². The minimum absolute atomic E-state index is 0.417. The van der Waals surface area contributed by atoms with Gasteiger partial charge in [-0.3, -0.25) is 10.2 Å². The Morgan fingerprint density at radius 3 is 2.38 bits per heavy atom. The number of nitrogens with zero attached hydrogens (tertiary/aromatic N) is 2. The van der Waals surface area contributed by atoms with Crippen molar-refractivity contribution in [2.45, 2.75) is 0 Å². The highest BCUT2D eigenvalue weighted by Crippen LogP contribution is 2.32. The number of pyridine rings is 1. The Labute approximate surface area is 139 Å². The summed E-state index contributed by atoms with van der Waals surface area (Å²) in [6, 6.07) is 19.6. The van der Waals surface area contributed by atoms with E-state index >= 15 is 0 Å². The first-order chi connectivity index (χ1) is 11.7. The van der Waals surface area contributed by atoms with Crippen LogP contribution in [0.15, 0.2) is 72.9 Å². The fourth-order valence-electron chi connectivity index (χ4n) is 2.39. The van der Waals surface area contributed by atoms with Crippen molar-refractivity contribution in [3.8, 4) is 11.3 Å². The first kappa shape index (κ1) is 15.7. The number of esters is 1. The number of hydrogen-bond donors (Lipinski definition) is 1. The minimum Gasteiger partial charge on any atom is -0.465 e. The Kier molecular flexibility index (Phi) is 4.54. The molecule has 0 atom stereocenters. The molecule has 3 aromatic rings. The Bertz CT molecular complexity index is 833. The van der Waals surface area contributed by atoms with E-state index in [0.29, 0.717) is 16.9 Å². The SMILES string of the molecule is COC(=O)c1ccc(N(O)c2ccccc2-c2ccccn2)cc1. The zero-order valence-electron chi connectivity index (χ0n) is 13.1. The van der Waals surface area contributed by atoms with Gasteiger partial charge < -0.3 is 4.74 Å². The second kappa shape index (κ2) is 6.93. The van der Waals surface area contributed by atoms with Crippen molar-refractivity contribution >= 4 is 17.3 Å². The Morgan fingerprint density at radius 2 is 1.71 bits per heavy atom. The van der Waals surface area contributed by atoms with Gasteiger partial charge in [-0.15, -0.1) is 0 Å². The van der Waals surface area contributed by atoms with Crippen LogP contribution in [0.25, 0.3) is 11.3 Å². The van der Waals surface area contributed by atoms with Crippen LogP contribution in [0.1, 0.15) is 10.4 Å². The molecule has 1 aromatic heterocycles. The maximum atomic E-state index is 11.5. The Balaban J connectivity index is 1.96. The third kappa shape index (κ3) is 3.11. The van der Waals surface area contributed by atoms with Crippen LogP contribution in [-0.2, 0) is 4.74 Å². The van der Waals surface area contributed by atoms with E-state index in [4.69, 9.17) is 0 Å². The third-order valence-corrected chi connectivity index (χ3v) is 3.61. The normalized spacial score (nSPS) is 10.2. The average Bonchev–Trinajstić information content (AvgIpc) is 2.67. The lowest BCUT2D eigenvalue weighted by molar-refractivity contribution is 0.0600. The highest BCUT2D eigenvalue weighted by Gasteiger charge is 2.14. The van der Waals surface area contributed by atoms with Crippen LogP contribution in [0.2, 0.25) is 0 Å². The largest absolute Gasteiger partial charge is 0.465 e. The van der Waals surface area contributed by atoms with Gasteiger partial charge in [0.15, 0.2) is 0 Å². The Morgan fingerprint density at radius 1 is 1.00 bits per heavy atom. The van der Waals surface area contributed by atoms with Gasteiger partial charge in [0.2, 0.25) is 0 Å². The molecule has 0 fully saturated rings. The van der Waals surface area contributed by atoms with Crippen molar-refractivity contribution in [3.05, 3.63) is 78.5 Å². The van der Waals surface area contributed by atoms with Gasteiger partial charge in [0.25, 0.3) is 0 Å². The van der Waals surface area contributed by atoms with Crippen LogP contribution in [0.5, 0.6) is 0 Å². The van der Waals surface area contributed by atoms with E-state index in [-0.39, 0.29) is 0 Å². The van der Waals surface area contributed by atoms with Gasteiger partial charge in [-0.1, -0.05) is 24.3 Å². The topological polar surface area (TPSA) is 62.7 Å². The lowest BCUT2D eigenvalue weighted by Gasteiger charge is -2.20. The standard InChI is InChI=1S/C19H16N2O3/c1-24-19(22)14-9-11-15(12-10-14)21(23)18-8-3-2-6-16(18)17-7-4-5-13-20-17/h2-13,23H,1H3. The molecule has 0 aliphatic heterocycles. The molecule has 1 N–H and O–H groups in total. The first-order valence-corrected chi connectivity index (χ1v) is 7.38. The fourth-order valence-corrected chi connectivity index (χ4v) is 2.39. The molecule has 3 rings (SSSR count). The number of para-hydroxylation sites is 1. The van der Waals surface area contributed by atoms with Crippen molar-refractivity contribution in [3.63, 3.8) is 0 Å². The van der Waals surface area contributed by atoms with Crippen molar-refractivity contribution in [1.82, 2.24) is 4.98 Å². The summed E-state index contributed by atoms with van der Waals surface area (Å²) in [4.78, 5) is 15.8. The van der Waals surface area contributed by atoms with E-state index in [0.717, 1.165) is 16.3 Å². The van der Waals surface area contributed by atoms with E-state index < -0.39 is 5.97 Å². The average molecular weight is 320 g/mol. The number of carbonyl (C=O) groups excluding carboxylic acids is 1. The molecule has 0 aliphatic rings. The molecular weight excluding hydrogens is 304 g/mol. The molecule has 0 bridgehead atoms. The van der Waals surface area contributed by atoms with E-state index in [1.807, 2.05) is 36.4 Å². The van der Waals surface area contributed by atoms with Crippen LogP contribution in [0, 0.1) is 0 Å². The van der Waals surface area contributed by atoms with Crippen LogP contribution < -0.4 is 5.06 Å². The molecule has 1 heterocycles. The van der Waals surface area contributed by atoms with Crippen LogP contribution >= 0.6 is 0 Å². The maximum Gasteiger partial charge on any atom is 0.337 e. The minimum atomic E-state index is -0.417. The quantitative estimate of drug-likeness (QED) is 0.580. The molecule has 0 radical (unpaired) electrons. The molecule has 0 unspecified atom stereocenters. The van der Waals surface area contributed by atoms with Crippen LogP contribution in [0.3, 0.4) is 0 Å². The summed E-state index contributed by atoms with van der Waals surface area (Å²) in [5.74, 6) is -0.417. The predicted molar refractivity (Wildman–Crippen MR) is 91.4 cm³/mol. The summed E-state index contributed by atoms with van der Waals surface area (Å²) in [6.07, 6.45) is 1.71. The third-order valence-electron chi connectivity index (χ3n) is 3.61. The van der Waals surface area contributed by atoms with Gasteiger partial charge in [-0.05, 0) is 42.5 Å². The molecule has 0 saturated heterocycles. The highest BCUT2D eigenvalue weighted by molar-refractivity contribution is 5.90. The van der Waals surface area contributed by atoms with Gasteiger partial charge in [-0.2, -0.15) is 0 Å². The lowest BCUT2D eigenvalue weighted by atomic mass is 10.1. The maximum absolute atomic E-state index is 11.5. The number of methoxy groups -OCH3 is 1. The molecule has 0 saturated carbocycles. The number of hydrogen-bond acceptors (Lipinski definition) is 5. The number of aromatic nitrogens is 1. The number of carbonyl (C=O) groups is 1. The molecule has 0 amide bonds. The molecule has 5 heteroatoms.